The van der Waals surface area contributed by atoms with E-state index in [2.05, 4.69) is 19.7 Å². The van der Waals surface area contributed by atoms with Crippen molar-refractivity contribution in [3.63, 3.8) is 0 Å². The molecule has 0 radical (unpaired) electrons. The Labute approximate surface area is 141 Å². The van der Waals surface area contributed by atoms with Crippen LogP contribution in [0, 0.1) is 5.82 Å². The molecule has 24 heavy (non-hydrogen) atoms. The molecule has 6 heteroatoms. The number of halogens is 1. The Kier molecular flexibility index (Phi) is 4.10. The Balaban J connectivity index is 1.54. The van der Waals surface area contributed by atoms with Gasteiger partial charge in [-0.15, -0.1) is 10.2 Å². The molecule has 2 atom stereocenters. The van der Waals surface area contributed by atoms with E-state index >= 15 is 0 Å². The molecule has 4 rings (SSSR count). The molecule has 5 nitrogen and oxygen atoms in total. The lowest BCUT2D eigenvalue weighted by Crippen LogP contribution is -2.26. The third-order valence-electron chi connectivity index (χ3n) is 5.45. The van der Waals surface area contributed by atoms with Crippen LogP contribution in [0.25, 0.3) is 0 Å². The van der Waals surface area contributed by atoms with Gasteiger partial charge in [0, 0.05) is 25.6 Å². The van der Waals surface area contributed by atoms with Gasteiger partial charge in [0.1, 0.15) is 17.5 Å². The normalized spacial score (nSPS) is 25.1. The van der Waals surface area contributed by atoms with E-state index in [0.717, 1.165) is 17.2 Å². The molecule has 2 heterocycles. The third kappa shape index (κ3) is 2.84. The van der Waals surface area contributed by atoms with E-state index in [1.54, 1.807) is 0 Å². The first kappa shape index (κ1) is 15.7. The number of nitrogens with zero attached hydrogens (tertiary/aromatic N) is 4. The Morgan fingerprint density at radius 1 is 1.21 bits per heavy atom. The summed E-state index contributed by atoms with van der Waals surface area (Å²) in [6.07, 6.45) is 3.98. The summed E-state index contributed by atoms with van der Waals surface area (Å²) in [7, 11) is 2.03. The number of hydrogen-bond donors (Lipinski definition) is 1. The zero-order chi connectivity index (χ0) is 16.7. The highest BCUT2D eigenvalue weighted by Crippen LogP contribution is 2.36. The van der Waals surface area contributed by atoms with E-state index in [1.165, 1.54) is 31.4 Å². The summed E-state index contributed by atoms with van der Waals surface area (Å²) in [5.74, 6) is 2.32. The maximum atomic E-state index is 13.2. The van der Waals surface area contributed by atoms with Crippen LogP contribution in [-0.2, 0) is 13.6 Å². The van der Waals surface area contributed by atoms with Gasteiger partial charge in [0.25, 0.3) is 0 Å². The molecule has 1 saturated carbocycles. The van der Waals surface area contributed by atoms with E-state index < -0.39 is 0 Å². The molecule has 1 aliphatic carbocycles. The molecular formula is C18H23FN4O. The molecule has 1 aromatic carbocycles. The van der Waals surface area contributed by atoms with Crippen LogP contribution in [0.15, 0.2) is 24.3 Å². The molecule has 1 saturated heterocycles. The summed E-state index contributed by atoms with van der Waals surface area (Å²) in [6, 6.07) is 6.66. The highest BCUT2D eigenvalue weighted by atomic mass is 19.1. The number of aromatic nitrogens is 3. The second-order valence-corrected chi connectivity index (χ2v) is 7.05. The number of rotatable bonds is 4. The fourth-order valence-electron chi connectivity index (χ4n) is 3.80. The van der Waals surface area contributed by atoms with Gasteiger partial charge in [-0.25, -0.2) is 4.39 Å². The first-order chi connectivity index (χ1) is 11.6. The fourth-order valence-corrected chi connectivity index (χ4v) is 3.80. The van der Waals surface area contributed by atoms with Crippen molar-refractivity contribution < 1.29 is 9.50 Å². The molecular weight excluding hydrogens is 307 g/mol. The van der Waals surface area contributed by atoms with Gasteiger partial charge in [-0.1, -0.05) is 18.6 Å². The molecule has 128 valence electrons. The van der Waals surface area contributed by atoms with Crippen LogP contribution in [-0.4, -0.2) is 37.4 Å². The topological polar surface area (TPSA) is 54.2 Å². The van der Waals surface area contributed by atoms with E-state index in [9.17, 15) is 9.50 Å². The largest absolute Gasteiger partial charge is 0.392 e. The van der Waals surface area contributed by atoms with Crippen LogP contribution >= 0.6 is 0 Å². The predicted molar refractivity (Wildman–Crippen MR) is 87.8 cm³/mol. The monoisotopic (exact) mass is 330 g/mol. The number of benzene rings is 1. The van der Waals surface area contributed by atoms with Gasteiger partial charge in [0.05, 0.1) is 12.6 Å². The molecule has 1 aliphatic heterocycles. The van der Waals surface area contributed by atoms with Gasteiger partial charge in [-0.05, 0) is 37.0 Å². The lowest BCUT2D eigenvalue weighted by atomic mass is 9.85. The van der Waals surface area contributed by atoms with Crippen molar-refractivity contribution in [3.8, 4) is 0 Å². The van der Waals surface area contributed by atoms with Crippen LogP contribution in [0.2, 0.25) is 0 Å². The average Bonchev–Trinajstić information content (AvgIpc) is 3.04. The predicted octanol–water partition coefficient (Wildman–Crippen LogP) is 2.53. The van der Waals surface area contributed by atoms with Crippen LogP contribution in [0.4, 0.5) is 4.39 Å². The van der Waals surface area contributed by atoms with Crippen molar-refractivity contribution in [1.29, 1.82) is 0 Å². The Morgan fingerprint density at radius 3 is 2.62 bits per heavy atom. The second-order valence-electron chi connectivity index (χ2n) is 7.05. The molecule has 1 N–H and O–H groups in total. The Morgan fingerprint density at radius 2 is 1.96 bits per heavy atom. The zero-order valence-electron chi connectivity index (χ0n) is 13.9. The summed E-state index contributed by atoms with van der Waals surface area (Å²) >= 11 is 0. The van der Waals surface area contributed by atoms with Gasteiger partial charge < -0.3 is 9.67 Å². The summed E-state index contributed by atoms with van der Waals surface area (Å²) < 4.78 is 15.3. The smallest absolute Gasteiger partial charge is 0.146 e. The quantitative estimate of drug-likeness (QED) is 0.936. The lowest BCUT2D eigenvalue weighted by molar-refractivity contribution is 0.170. The van der Waals surface area contributed by atoms with Gasteiger partial charge in [-0.3, -0.25) is 4.90 Å². The summed E-state index contributed by atoms with van der Waals surface area (Å²) in [4.78, 5) is 2.21. The minimum absolute atomic E-state index is 0.0875. The van der Waals surface area contributed by atoms with Crippen molar-refractivity contribution in [2.75, 3.05) is 6.54 Å². The molecule has 2 aliphatic rings. The molecule has 2 fully saturated rings. The molecule has 0 amide bonds. The maximum absolute atomic E-state index is 13.2. The zero-order valence-corrected chi connectivity index (χ0v) is 13.9. The number of aliphatic hydroxyl groups is 1. The number of hydrogen-bond acceptors (Lipinski definition) is 4. The van der Waals surface area contributed by atoms with Gasteiger partial charge >= 0.3 is 0 Å². The van der Waals surface area contributed by atoms with Gasteiger partial charge in [-0.2, -0.15) is 0 Å². The molecule has 0 bridgehead atoms. The minimum atomic E-state index is -0.362. The molecule has 1 aromatic heterocycles. The van der Waals surface area contributed by atoms with E-state index in [-0.39, 0.29) is 18.0 Å². The Bertz CT molecular complexity index is 710. The van der Waals surface area contributed by atoms with Gasteiger partial charge in [0.2, 0.25) is 0 Å². The summed E-state index contributed by atoms with van der Waals surface area (Å²) in [6.45, 7) is 1.25. The average molecular weight is 330 g/mol. The standard InChI is InChI=1S/C18H23FN4O/c1-22-17(20-21-18(22)13-3-2-4-13)11-23-10-15(24)9-16(23)12-5-7-14(19)8-6-12/h5-8,13,15-16,24H,2-4,9-11H2,1H3. The van der Waals surface area contributed by atoms with Crippen molar-refractivity contribution in [2.45, 2.75) is 50.3 Å². The lowest BCUT2D eigenvalue weighted by Gasteiger charge is -2.26. The first-order valence-electron chi connectivity index (χ1n) is 8.67. The molecule has 0 spiro atoms. The Hall–Kier alpha value is -1.79. The first-order valence-corrected chi connectivity index (χ1v) is 8.67. The number of aliphatic hydroxyl groups excluding tert-OH is 1. The highest BCUT2D eigenvalue weighted by molar-refractivity contribution is 5.21. The van der Waals surface area contributed by atoms with E-state index in [4.69, 9.17) is 0 Å². The van der Waals surface area contributed by atoms with E-state index in [0.29, 0.717) is 25.4 Å². The molecule has 2 unspecified atom stereocenters. The van der Waals surface area contributed by atoms with Crippen molar-refractivity contribution in [3.05, 3.63) is 47.3 Å². The van der Waals surface area contributed by atoms with E-state index in [1.807, 2.05) is 19.2 Å². The van der Waals surface area contributed by atoms with Gasteiger partial charge in [0.15, 0.2) is 0 Å². The summed E-state index contributed by atoms with van der Waals surface area (Å²) in [5, 5.41) is 18.9. The fraction of sp³-hybridized carbons (Fsp3) is 0.556. The minimum Gasteiger partial charge on any atom is -0.392 e. The van der Waals surface area contributed by atoms with Crippen molar-refractivity contribution in [1.82, 2.24) is 19.7 Å². The van der Waals surface area contributed by atoms with Crippen molar-refractivity contribution >= 4 is 0 Å². The van der Waals surface area contributed by atoms with Crippen LogP contribution in [0.1, 0.15) is 54.9 Å². The highest BCUT2D eigenvalue weighted by Gasteiger charge is 2.33. The SMILES string of the molecule is Cn1c(CN2CC(O)CC2c2ccc(F)cc2)nnc1C1CCC1. The van der Waals surface area contributed by atoms with Crippen molar-refractivity contribution in [2.24, 2.45) is 7.05 Å². The maximum Gasteiger partial charge on any atom is 0.146 e. The van der Waals surface area contributed by atoms with Crippen LogP contribution in [0.5, 0.6) is 0 Å². The number of β-amino-alcohol motifs (C(OH)–C–C–N with tert-alkyl or cyclic N) is 1. The molecule has 2 aromatic rings. The van der Waals surface area contributed by atoms with Crippen LogP contribution < -0.4 is 0 Å². The summed E-state index contributed by atoms with van der Waals surface area (Å²) in [5.41, 5.74) is 1.04. The third-order valence-corrected chi connectivity index (χ3v) is 5.45. The number of likely N-dealkylation sites (tertiary alicyclic amines) is 1. The van der Waals surface area contributed by atoms with Crippen LogP contribution in [0.3, 0.4) is 0 Å². The second kappa shape index (κ2) is 6.26.